The van der Waals surface area contributed by atoms with Crippen LogP contribution in [0.15, 0.2) is 0 Å². The van der Waals surface area contributed by atoms with Crippen LogP contribution in [0, 0.1) is 0 Å². The van der Waals surface area contributed by atoms with Gasteiger partial charge in [-0.15, -0.1) is 0 Å². The monoisotopic (exact) mass is 1440 g/mol. The van der Waals surface area contributed by atoms with Crippen molar-refractivity contribution >= 4 is 13.7 Å². The Bertz CT molecular complexity index is 2080. The summed E-state index contributed by atoms with van der Waals surface area (Å²) in [5, 5.41) is 188. The number of unbranched alkanes of at least 4 members (excludes halogenated alkanes) is 32. The SMILES string of the molecule is CCCCCCCCCCCCCCCCCCCCCC[C@@H](O)C(=O)N[C@@H](COP(=O)(O)O[C@H]1[C@H](O)[C@@H](O)[C@H](O)[C@@H](O)[C@H]1O[C@H]1O[C@H](CO)[C@@H](O[C@H]2O[C@H](CO)[C@H](O)[C@H](O)[C@H]2O)[C@H](O[C@H]2O[C@H](CO)[C@@H](O)[C@H](O)[C@@H]2O)[C@@H]1O)[C@H](O)[C@H](O)CCCCCCCCCCCCCCCC. The predicted molar refractivity (Wildman–Crippen MR) is 356 cm³/mol. The van der Waals surface area contributed by atoms with E-state index in [-0.39, 0.29) is 12.8 Å². The molecular weight excluding hydrogens is 1310 g/mol. The molecule has 0 spiro atoms. The van der Waals surface area contributed by atoms with Crippen LogP contribution in [0.5, 0.6) is 0 Å². The molecule has 98 heavy (non-hydrogen) atoms. The standard InChI is InChI=1S/C68H130NO28P/c1-3-5-7-9-11-13-15-17-19-20-21-22-23-24-26-28-30-32-34-36-38-45(74)65(87)69-43(49(75)44(73)37-35-33-31-29-27-25-18-16-14-12-10-8-6-4-2)42-90-98(88,89)97-64-57(83)55(81)54(80)56(82)62(64)95-68-60(86)63(96-67-59(85)53(79)51(77)47(40-71)92-67)61(48(41-72)93-68)94-66-58(84)52(78)50(76)46(39-70)91-66/h43-64,66-68,70-86H,3-42H2,1-2H3,(H,69,87)(H,88,89)/t43-,44+,45+,46+,47+,48+,49-,50-,51+,52-,53-,54-,55-,56+,57+,58+,59-,60-,61+,62+,63+,64-,66+,67+,68+/m0/s1. The fourth-order valence-corrected chi connectivity index (χ4v) is 14.3. The van der Waals surface area contributed by atoms with Crippen LogP contribution in [0.3, 0.4) is 0 Å². The van der Waals surface area contributed by atoms with Gasteiger partial charge in [0.2, 0.25) is 5.91 Å². The Balaban J connectivity index is 1.43. The third kappa shape index (κ3) is 30.3. The molecule has 1 aliphatic carbocycles. The van der Waals surface area contributed by atoms with Gasteiger partial charge in [-0.1, -0.05) is 232 Å². The first-order chi connectivity index (χ1) is 47.0. The second-order valence-corrected chi connectivity index (χ2v) is 29.2. The lowest BCUT2D eigenvalue weighted by Gasteiger charge is -2.50. The Hall–Kier alpha value is -1.34. The Morgan fingerprint density at radius 2 is 0.694 bits per heavy atom. The van der Waals surface area contributed by atoms with E-state index in [1.54, 1.807) is 0 Å². The number of aliphatic hydroxyl groups excluding tert-OH is 17. The lowest BCUT2D eigenvalue weighted by Crippen LogP contribution is -2.69. The Morgan fingerprint density at radius 1 is 0.388 bits per heavy atom. The fourth-order valence-electron chi connectivity index (χ4n) is 13.3. The van der Waals surface area contributed by atoms with E-state index in [4.69, 9.17) is 37.5 Å². The first-order valence-electron chi connectivity index (χ1n) is 37.2. The van der Waals surface area contributed by atoms with Crippen molar-refractivity contribution in [2.75, 3.05) is 26.4 Å². The molecule has 3 aliphatic heterocycles. The molecule has 26 atom stereocenters. The first kappa shape index (κ1) is 89.1. The topological polar surface area (TPSA) is 484 Å². The van der Waals surface area contributed by atoms with E-state index in [1.165, 1.54) is 135 Å². The van der Waals surface area contributed by atoms with E-state index in [0.29, 0.717) is 19.3 Å². The minimum Gasteiger partial charge on any atom is -0.394 e. The van der Waals surface area contributed by atoms with Crippen LogP contribution < -0.4 is 5.32 Å². The summed E-state index contributed by atoms with van der Waals surface area (Å²) in [7, 11) is -5.75. The number of rotatable bonds is 54. The van der Waals surface area contributed by atoms with Crippen molar-refractivity contribution in [2.24, 2.45) is 0 Å². The summed E-state index contributed by atoms with van der Waals surface area (Å²) < 4.78 is 59.1. The number of hydrogen-bond acceptors (Lipinski definition) is 27. The van der Waals surface area contributed by atoms with Crippen molar-refractivity contribution in [2.45, 2.75) is 398 Å². The van der Waals surface area contributed by atoms with Gasteiger partial charge in [-0.3, -0.25) is 13.8 Å². The molecule has 1 amide bonds. The van der Waals surface area contributed by atoms with Crippen LogP contribution in [-0.4, -0.2) is 277 Å². The zero-order valence-electron chi connectivity index (χ0n) is 58.3. The van der Waals surface area contributed by atoms with E-state index in [1.807, 2.05) is 0 Å². The maximum Gasteiger partial charge on any atom is 0.472 e. The van der Waals surface area contributed by atoms with Gasteiger partial charge in [-0.2, -0.15) is 0 Å². The second-order valence-electron chi connectivity index (χ2n) is 27.8. The van der Waals surface area contributed by atoms with Gasteiger partial charge in [-0.05, 0) is 12.8 Å². The van der Waals surface area contributed by atoms with Crippen LogP contribution in [-0.2, 0) is 46.8 Å². The number of aliphatic hydroxyl groups is 17. The first-order valence-corrected chi connectivity index (χ1v) is 38.7. The summed E-state index contributed by atoms with van der Waals surface area (Å²) >= 11 is 0. The number of carbonyl (C=O) groups excluding carboxylic acids is 1. The maximum atomic E-state index is 14.1. The average Bonchev–Trinajstić information content (AvgIpc) is 0.768. The molecule has 3 saturated heterocycles. The lowest BCUT2D eigenvalue weighted by molar-refractivity contribution is -0.395. The van der Waals surface area contributed by atoms with Crippen molar-refractivity contribution in [1.82, 2.24) is 5.32 Å². The summed E-state index contributed by atoms with van der Waals surface area (Å²) in [6, 6.07) is -1.71. The third-order valence-electron chi connectivity index (χ3n) is 19.7. The smallest absolute Gasteiger partial charge is 0.394 e. The highest BCUT2D eigenvalue weighted by atomic mass is 31.2. The van der Waals surface area contributed by atoms with Gasteiger partial charge >= 0.3 is 7.82 Å². The van der Waals surface area contributed by atoms with E-state index in [2.05, 4.69) is 19.2 Å². The molecule has 4 aliphatic rings. The van der Waals surface area contributed by atoms with Gasteiger partial charge < -0.3 is 125 Å². The largest absolute Gasteiger partial charge is 0.472 e. The minimum absolute atomic E-state index is 0.0279. The summed E-state index contributed by atoms with van der Waals surface area (Å²) in [6.45, 7) is 0.270. The number of phosphoric ester groups is 1. The quantitative estimate of drug-likeness (QED) is 0.0307. The number of ether oxygens (including phenoxy) is 6. The van der Waals surface area contributed by atoms with Crippen molar-refractivity contribution in [3.05, 3.63) is 0 Å². The molecular formula is C68H130NO28P. The number of hydrogen-bond donors (Lipinski definition) is 19. The number of amides is 1. The molecule has 1 unspecified atom stereocenters. The third-order valence-corrected chi connectivity index (χ3v) is 20.7. The Kier molecular flexibility index (Phi) is 44.9. The Morgan fingerprint density at radius 3 is 1.07 bits per heavy atom. The van der Waals surface area contributed by atoms with Crippen molar-refractivity contribution in [3.8, 4) is 0 Å². The highest BCUT2D eigenvalue weighted by Gasteiger charge is 2.58. The Labute approximate surface area is 580 Å². The fraction of sp³-hybridized carbons (Fsp3) is 0.985. The van der Waals surface area contributed by atoms with Crippen molar-refractivity contribution < 1.29 is 139 Å². The van der Waals surface area contributed by atoms with Crippen LogP contribution in [0.4, 0.5) is 0 Å². The second kappa shape index (κ2) is 49.4. The molecule has 4 fully saturated rings. The molecule has 3 heterocycles. The van der Waals surface area contributed by atoms with Gasteiger partial charge in [0.15, 0.2) is 18.9 Å². The van der Waals surface area contributed by atoms with E-state index in [9.17, 15) is 101 Å². The summed E-state index contributed by atoms with van der Waals surface area (Å²) in [5.74, 6) is -0.994. The van der Waals surface area contributed by atoms with Gasteiger partial charge in [0.1, 0.15) is 122 Å². The summed E-state index contributed by atoms with van der Waals surface area (Å²) in [4.78, 5) is 25.0. The summed E-state index contributed by atoms with van der Waals surface area (Å²) in [5.41, 5.74) is 0. The molecule has 0 aromatic carbocycles. The van der Waals surface area contributed by atoms with Crippen LogP contribution in [0.1, 0.15) is 245 Å². The normalized spacial score (nSPS) is 33.5. The minimum atomic E-state index is -5.75. The zero-order valence-corrected chi connectivity index (χ0v) is 59.2. The maximum absolute atomic E-state index is 14.1. The van der Waals surface area contributed by atoms with Crippen LogP contribution in [0.25, 0.3) is 0 Å². The number of carbonyl (C=O) groups is 1. The van der Waals surface area contributed by atoms with Gasteiger partial charge in [0.25, 0.3) is 0 Å². The van der Waals surface area contributed by atoms with Gasteiger partial charge in [-0.25, -0.2) is 4.57 Å². The molecule has 0 radical (unpaired) electrons. The molecule has 30 heteroatoms. The number of phosphoric acid groups is 1. The molecule has 0 bridgehead atoms. The predicted octanol–water partition coefficient (Wildman–Crippen LogP) is 2.43. The molecule has 19 N–H and O–H groups in total. The molecule has 4 rings (SSSR count). The van der Waals surface area contributed by atoms with Crippen molar-refractivity contribution in [3.63, 3.8) is 0 Å². The van der Waals surface area contributed by atoms with Crippen LogP contribution >= 0.6 is 7.82 Å². The highest BCUT2D eigenvalue weighted by molar-refractivity contribution is 7.47. The molecule has 29 nitrogen and oxygen atoms in total. The zero-order chi connectivity index (χ0) is 72.2. The van der Waals surface area contributed by atoms with E-state index >= 15 is 0 Å². The number of nitrogens with one attached hydrogen (secondary N) is 1. The average molecular weight is 1440 g/mol. The van der Waals surface area contributed by atoms with E-state index < -0.39 is 193 Å². The van der Waals surface area contributed by atoms with Gasteiger partial charge in [0.05, 0.1) is 38.6 Å². The molecule has 580 valence electrons. The molecule has 1 saturated carbocycles. The molecule has 0 aromatic rings. The summed E-state index contributed by atoms with van der Waals surface area (Å²) in [6.07, 6.45) is -11.3. The van der Waals surface area contributed by atoms with Crippen LogP contribution in [0.2, 0.25) is 0 Å². The van der Waals surface area contributed by atoms with Crippen molar-refractivity contribution in [1.29, 1.82) is 0 Å². The highest BCUT2D eigenvalue weighted by Crippen LogP contribution is 2.48. The lowest BCUT2D eigenvalue weighted by atomic mass is 9.84. The molecule has 0 aromatic heterocycles. The van der Waals surface area contributed by atoms with Gasteiger partial charge in [0, 0.05) is 0 Å². The van der Waals surface area contributed by atoms with E-state index in [0.717, 1.165) is 64.2 Å².